The Morgan fingerprint density at radius 1 is 1.03 bits per heavy atom. The van der Waals surface area contributed by atoms with Gasteiger partial charge in [-0.25, -0.2) is 14.8 Å². The summed E-state index contributed by atoms with van der Waals surface area (Å²) in [6.45, 7) is 2.55. The van der Waals surface area contributed by atoms with E-state index < -0.39 is 29.7 Å². The molecule has 2 aromatic carbocycles. The number of hydrogen-bond donors (Lipinski definition) is 2. The molecule has 2 N–H and O–H groups in total. The Kier molecular flexibility index (Phi) is 11.2. The van der Waals surface area contributed by atoms with Crippen LogP contribution >= 0.6 is 22.9 Å². The summed E-state index contributed by atoms with van der Waals surface area (Å²) in [7, 11) is 5.37. The van der Waals surface area contributed by atoms with E-state index in [-0.39, 0.29) is 30.1 Å². The standard InChI is InChI=1S/C41H44ClF3N8O5S/c1-50(25-13-15-52(16-14-25)30-17-24(42)18-31-36(30)51(2)40(57)53(31)29-11-12-35(54)49-38(29)56)21-22-7-9-23(10-8-22)39-48-28-19-32(58-3)27(20-33(28)59-39)47-37(55)26-5-4-6-34(46-26)41(43,44)45/h4-6,17-20,22-23,25,29H,7-16,21H2,1-3H3,(H,47,55)(H,49,54,56)/t22-,23-,29?. The average Bonchev–Trinajstić information content (AvgIpc) is 3.74. The van der Waals surface area contributed by atoms with E-state index in [0.717, 1.165) is 96.7 Å². The van der Waals surface area contributed by atoms with Crippen molar-refractivity contribution in [3.63, 3.8) is 0 Å². The first-order valence-corrected chi connectivity index (χ1v) is 20.9. The molecule has 5 aromatic rings. The van der Waals surface area contributed by atoms with E-state index in [1.165, 1.54) is 17.7 Å². The molecule has 2 aliphatic heterocycles. The van der Waals surface area contributed by atoms with Crippen LogP contribution < -0.4 is 26.0 Å². The van der Waals surface area contributed by atoms with Crippen molar-refractivity contribution in [2.75, 3.05) is 44.0 Å². The van der Waals surface area contributed by atoms with E-state index in [2.05, 4.69) is 32.5 Å². The number of rotatable bonds is 9. The monoisotopic (exact) mass is 852 g/mol. The van der Waals surface area contributed by atoms with Gasteiger partial charge in [-0.1, -0.05) is 17.7 Å². The third-order valence-corrected chi connectivity index (χ3v) is 13.5. The van der Waals surface area contributed by atoms with E-state index in [1.54, 1.807) is 41.2 Å². The topological polar surface area (TPSA) is 144 Å². The molecule has 8 rings (SSSR count). The lowest BCUT2D eigenvalue weighted by atomic mass is 9.82. The quantitative estimate of drug-likeness (QED) is 0.148. The summed E-state index contributed by atoms with van der Waals surface area (Å²) in [5, 5.41) is 6.52. The lowest BCUT2D eigenvalue weighted by Gasteiger charge is -2.40. The number of aryl methyl sites for hydroxylation is 1. The van der Waals surface area contributed by atoms with Crippen molar-refractivity contribution in [3.05, 3.63) is 74.4 Å². The van der Waals surface area contributed by atoms with Gasteiger partial charge < -0.3 is 19.9 Å². The third-order valence-electron chi connectivity index (χ3n) is 12.1. The summed E-state index contributed by atoms with van der Waals surface area (Å²) >= 11 is 8.19. The van der Waals surface area contributed by atoms with Gasteiger partial charge in [0.2, 0.25) is 11.8 Å². The second-order valence-corrected chi connectivity index (χ2v) is 17.3. The molecule has 3 fully saturated rings. The van der Waals surface area contributed by atoms with E-state index in [4.69, 9.17) is 21.3 Å². The Balaban J connectivity index is 0.875. The molecule has 13 nitrogen and oxygen atoms in total. The molecule has 2 saturated heterocycles. The molecule has 1 saturated carbocycles. The molecular weight excluding hydrogens is 809 g/mol. The van der Waals surface area contributed by atoms with Crippen molar-refractivity contribution in [2.45, 2.75) is 75.5 Å². The number of hydrogen-bond acceptors (Lipinski definition) is 10. The summed E-state index contributed by atoms with van der Waals surface area (Å²) in [6, 6.07) is 9.92. The second kappa shape index (κ2) is 16.2. The highest BCUT2D eigenvalue weighted by Gasteiger charge is 2.35. The summed E-state index contributed by atoms with van der Waals surface area (Å²) < 4.78 is 49.0. The SMILES string of the molecule is COc1cc2nc([C@H]3CC[C@H](CN(C)C4CCN(c5cc(Cl)cc6c5n(C)c(=O)n6C5CCC(=O)NC5=O)CC4)CC3)sc2cc1NC(=O)c1cccc(C(F)(F)F)n1. The number of thiazole rings is 1. The van der Waals surface area contributed by atoms with Gasteiger partial charge in [-0.15, -0.1) is 11.3 Å². The molecule has 3 aromatic heterocycles. The van der Waals surface area contributed by atoms with Crippen LogP contribution in [0.5, 0.6) is 5.75 Å². The summed E-state index contributed by atoms with van der Waals surface area (Å²) in [5.41, 5.74) is 1.41. The molecule has 3 aliphatic rings. The molecule has 312 valence electrons. The van der Waals surface area contributed by atoms with Gasteiger partial charge in [-0.2, -0.15) is 13.2 Å². The number of alkyl halides is 3. The fourth-order valence-electron chi connectivity index (χ4n) is 8.94. The van der Waals surface area contributed by atoms with Gasteiger partial charge in [0, 0.05) is 56.2 Å². The Labute approximate surface area is 346 Å². The van der Waals surface area contributed by atoms with Crippen LogP contribution in [0.3, 0.4) is 0 Å². The number of benzene rings is 2. The van der Waals surface area contributed by atoms with Crippen LogP contribution in [-0.2, 0) is 22.8 Å². The van der Waals surface area contributed by atoms with Gasteiger partial charge in [-0.05, 0) is 88.2 Å². The van der Waals surface area contributed by atoms with Gasteiger partial charge >= 0.3 is 11.9 Å². The van der Waals surface area contributed by atoms with Gasteiger partial charge in [-0.3, -0.25) is 28.8 Å². The van der Waals surface area contributed by atoms with Gasteiger partial charge in [0.15, 0.2) is 0 Å². The number of piperidine rings is 2. The Bertz CT molecular complexity index is 2500. The number of carbonyl (C=O) groups is 3. The van der Waals surface area contributed by atoms with Crippen LogP contribution in [0.15, 0.2) is 47.3 Å². The van der Waals surface area contributed by atoms with Crippen LogP contribution in [0.25, 0.3) is 21.3 Å². The van der Waals surface area contributed by atoms with Gasteiger partial charge in [0.05, 0.1) is 44.7 Å². The molecule has 59 heavy (non-hydrogen) atoms. The highest BCUT2D eigenvalue weighted by molar-refractivity contribution is 7.18. The zero-order valence-corrected chi connectivity index (χ0v) is 34.3. The Morgan fingerprint density at radius 3 is 2.47 bits per heavy atom. The lowest BCUT2D eigenvalue weighted by Crippen LogP contribution is -2.45. The normalized spacial score (nSPS) is 20.7. The molecule has 0 bridgehead atoms. The lowest BCUT2D eigenvalue weighted by molar-refractivity contribution is -0.141. The van der Waals surface area contributed by atoms with Crippen molar-refractivity contribution in [1.29, 1.82) is 0 Å². The average molecular weight is 853 g/mol. The van der Waals surface area contributed by atoms with Gasteiger partial charge in [0.25, 0.3) is 5.91 Å². The van der Waals surface area contributed by atoms with E-state index >= 15 is 0 Å². The summed E-state index contributed by atoms with van der Waals surface area (Å²) in [4.78, 5) is 64.2. The first-order valence-electron chi connectivity index (χ1n) is 19.7. The minimum absolute atomic E-state index is 0.165. The number of fused-ring (bicyclic) bond motifs is 2. The number of imidazole rings is 1. The highest BCUT2D eigenvalue weighted by Crippen LogP contribution is 2.42. The minimum atomic E-state index is -4.67. The van der Waals surface area contributed by atoms with Crippen molar-refractivity contribution < 1.29 is 32.3 Å². The van der Waals surface area contributed by atoms with Crippen LogP contribution in [0.4, 0.5) is 24.5 Å². The van der Waals surface area contributed by atoms with Crippen LogP contribution in [0, 0.1) is 5.92 Å². The maximum absolute atomic E-state index is 13.5. The van der Waals surface area contributed by atoms with E-state index in [0.29, 0.717) is 39.9 Å². The predicted molar refractivity (Wildman–Crippen MR) is 220 cm³/mol. The first kappa shape index (κ1) is 40.8. The van der Waals surface area contributed by atoms with E-state index in [1.807, 2.05) is 6.07 Å². The van der Waals surface area contributed by atoms with Crippen molar-refractivity contribution in [2.24, 2.45) is 13.0 Å². The maximum atomic E-state index is 13.5. The van der Waals surface area contributed by atoms with Crippen molar-refractivity contribution in [1.82, 2.24) is 29.3 Å². The molecule has 1 unspecified atom stereocenters. The Hall–Kier alpha value is -5.00. The third kappa shape index (κ3) is 8.16. The molecule has 5 heterocycles. The van der Waals surface area contributed by atoms with Crippen LogP contribution in [-0.4, -0.2) is 81.6 Å². The zero-order valence-electron chi connectivity index (χ0n) is 32.8. The second-order valence-electron chi connectivity index (χ2n) is 15.8. The number of amides is 3. The summed E-state index contributed by atoms with van der Waals surface area (Å²) in [5.74, 6) is -0.401. The van der Waals surface area contributed by atoms with Crippen molar-refractivity contribution >= 4 is 73.3 Å². The number of anilines is 2. The first-order chi connectivity index (χ1) is 28.2. The number of halogens is 4. The predicted octanol–water partition coefficient (Wildman–Crippen LogP) is 7.13. The number of carbonyl (C=O) groups excluding carboxylic acids is 3. The number of methoxy groups -OCH3 is 1. The van der Waals surface area contributed by atoms with Crippen molar-refractivity contribution in [3.8, 4) is 5.75 Å². The smallest absolute Gasteiger partial charge is 0.433 e. The minimum Gasteiger partial charge on any atom is -0.494 e. The van der Waals surface area contributed by atoms with Gasteiger partial charge in [0.1, 0.15) is 23.2 Å². The molecule has 3 amide bonds. The number of nitrogens with one attached hydrogen (secondary N) is 2. The molecule has 1 aliphatic carbocycles. The fourth-order valence-corrected chi connectivity index (χ4v) is 10.3. The van der Waals surface area contributed by atoms with E-state index in [9.17, 15) is 32.3 Å². The number of imide groups is 1. The number of ether oxygens (including phenoxy) is 1. The highest BCUT2D eigenvalue weighted by atomic mass is 35.5. The number of nitrogens with zero attached hydrogens (tertiary/aromatic N) is 6. The molecule has 1 atom stereocenters. The summed E-state index contributed by atoms with van der Waals surface area (Å²) in [6.07, 6.45) is 1.76. The van der Waals surface area contributed by atoms with Crippen LogP contribution in [0.2, 0.25) is 5.02 Å². The zero-order chi connectivity index (χ0) is 41.7. The Morgan fingerprint density at radius 2 is 1.78 bits per heavy atom. The largest absolute Gasteiger partial charge is 0.494 e. The molecule has 0 radical (unpaired) electrons. The number of aromatic nitrogens is 4. The fraction of sp³-hybridized carbons (Fsp3) is 0.463. The molecule has 18 heteroatoms. The maximum Gasteiger partial charge on any atom is 0.433 e. The molecular formula is C41H44ClF3N8O5S. The number of pyridine rings is 1. The molecule has 0 spiro atoms. The van der Waals surface area contributed by atoms with Crippen LogP contribution in [0.1, 0.15) is 84.5 Å².